The average molecular weight is 445 g/mol. The van der Waals surface area contributed by atoms with Gasteiger partial charge in [-0.2, -0.15) is 0 Å². The fraction of sp³-hybridized carbons (Fsp3) is 1.00. The molecule has 0 radical (unpaired) electrons. The van der Waals surface area contributed by atoms with Gasteiger partial charge in [-0.1, -0.05) is 48.0 Å². The van der Waals surface area contributed by atoms with Crippen LogP contribution in [0.4, 0.5) is 0 Å². The molecular weight excluding hydrogens is 392 g/mol. The maximum absolute atomic E-state index is 11.1. The van der Waals surface area contributed by atoms with Crippen LogP contribution in [0.15, 0.2) is 0 Å². The van der Waals surface area contributed by atoms with Gasteiger partial charge in [0, 0.05) is 12.5 Å². The number of hydrogen-bond acceptors (Lipinski definition) is 2. The van der Waals surface area contributed by atoms with Gasteiger partial charge in [0.25, 0.3) is 0 Å². The Labute approximate surface area is 198 Å². The highest BCUT2D eigenvalue weighted by molar-refractivity contribution is 5.26. The van der Waals surface area contributed by atoms with Crippen molar-refractivity contribution in [3.63, 3.8) is 0 Å². The summed E-state index contributed by atoms with van der Waals surface area (Å²) >= 11 is 0. The van der Waals surface area contributed by atoms with Crippen LogP contribution in [0.25, 0.3) is 0 Å². The lowest BCUT2D eigenvalue weighted by molar-refractivity contribution is -0.161. The Balaban J connectivity index is 1.35. The Bertz CT molecular complexity index is 703. The van der Waals surface area contributed by atoms with Crippen molar-refractivity contribution >= 4 is 0 Å². The van der Waals surface area contributed by atoms with E-state index in [1.807, 2.05) is 7.11 Å². The molecule has 0 aromatic rings. The van der Waals surface area contributed by atoms with Gasteiger partial charge in [0.05, 0.1) is 12.2 Å². The molecule has 0 aromatic carbocycles. The SMILES string of the molecule is CC[C@@H](C(C)C)[C@H](O)C[C@@H](C)C1CCC2C3C[C@@H](OC)C45C[C@H]4CC[C@]5(C)C3CC[C@@]21C. The largest absolute Gasteiger partial charge is 0.393 e. The molecule has 1 spiro atoms. The highest BCUT2D eigenvalue weighted by Gasteiger charge is 2.77. The van der Waals surface area contributed by atoms with Crippen molar-refractivity contribution in [1.82, 2.24) is 0 Å². The molecule has 5 unspecified atom stereocenters. The first-order chi connectivity index (χ1) is 15.1. The summed E-state index contributed by atoms with van der Waals surface area (Å²) in [5.74, 6) is 6.09. The normalized spacial score (nSPS) is 52.0. The second-order valence-electron chi connectivity index (χ2n) is 14.1. The van der Waals surface area contributed by atoms with Crippen LogP contribution in [0.5, 0.6) is 0 Å². The van der Waals surface area contributed by atoms with Crippen LogP contribution >= 0.6 is 0 Å². The van der Waals surface area contributed by atoms with Crippen LogP contribution in [-0.2, 0) is 4.74 Å². The van der Waals surface area contributed by atoms with Crippen molar-refractivity contribution < 1.29 is 9.84 Å². The fourth-order valence-electron chi connectivity index (χ4n) is 11.5. The highest BCUT2D eigenvalue weighted by atomic mass is 16.5. The molecule has 0 bridgehead atoms. The lowest BCUT2D eigenvalue weighted by atomic mass is 9.45. The zero-order chi connectivity index (χ0) is 23.1. The van der Waals surface area contributed by atoms with E-state index in [4.69, 9.17) is 4.74 Å². The third-order valence-electron chi connectivity index (χ3n) is 13.0. The molecule has 12 atom stereocenters. The number of methoxy groups -OCH3 is 1. The van der Waals surface area contributed by atoms with Crippen LogP contribution in [0.2, 0.25) is 0 Å². The molecule has 0 saturated heterocycles. The van der Waals surface area contributed by atoms with E-state index in [2.05, 4.69) is 41.5 Å². The van der Waals surface area contributed by atoms with E-state index in [9.17, 15) is 5.11 Å². The standard InChI is InChI=1S/C30H52O2/c1-8-21(18(2)3)26(31)15-19(4)23-9-10-24-22-16-27(32-7)30-17-20(30)11-14-29(30,6)25(22)12-13-28(23,24)5/h18-27,31H,8-17H2,1-7H3/t19-,20-,21+,22?,23?,24?,25?,26-,27-,28-,29-,30?/m1/s1. The fourth-order valence-corrected chi connectivity index (χ4v) is 11.5. The lowest BCUT2D eigenvalue weighted by Gasteiger charge is -2.61. The average Bonchev–Trinajstić information content (AvgIpc) is 3.24. The van der Waals surface area contributed by atoms with E-state index in [0.717, 1.165) is 42.4 Å². The second kappa shape index (κ2) is 7.97. The van der Waals surface area contributed by atoms with E-state index < -0.39 is 0 Å². The molecule has 32 heavy (non-hydrogen) atoms. The van der Waals surface area contributed by atoms with Crippen molar-refractivity contribution in [1.29, 1.82) is 0 Å². The van der Waals surface area contributed by atoms with Gasteiger partial charge in [-0.25, -0.2) is 0 Å². The first-order valence-corrected chi connectivity index (χ1v) is 14.3. The Kier molecular flexibility index (Phi) is 5.89. The van der Waals surface area contributed by atoms with Crippen molar-refractivity contribution in [3.05, 3.63) is 0 Å². The second-order valence-corrected chi connectivity index (χ2v) is 14.1. The van der Waals surface area contributed by atoms with E-state index >= 15 is 0 Å². The molecule has 0 heterocycles. The predicted octanol–water partition coefficient (Wildman–Crippen LogP) is 7.34. The van der Waals surface area contributed by atoms with Crippen molar-refractivity contribution in [2.75, 3.05) is 7.11 Å². The Hall–Kier alpha value is -0.0800. The summed E-state index contributed by atoms with van der Waals surface area (Å²) in [4.78, 5) is 0. The van der Waals surface area contributed by atoms with E-state index in [1.165, 1.54) is 51.4 Å². The summed E-state index contributed by atoms with van der Waals surface area (Å²) in [5, 5.41) is 11.1. The Morgan fingerprint density at radius 3 is 2.38 bits per heavy atom. The van der Waals surface area contributed by atoms with Gasteiger partial charge in [0.1, 0.15) is 0 Å². The van der Waals surface area contributed by atoms with E-state index in [1.54, 1.807) is 0 Å². The van der Waals surface area contributed by atoms with Crippen LogP contribution in [0.1, 0.15) is 106 Å². The number of rotatable bonds is 7. The maximum Gasteiger partial charge on any atom is 0.0638 e. The molecule has 184 valence electrons. The lowest BCUT2D eigenvalue weighted by Crippen LogP contribution is -2.57. The van der Waals surface area contributed by atoms with Crippen LogP contribution < -0.4 is 0 Å². The number of aliphatic hydroxyl groups is 1. The minimum Gasteiger partial charge on any atom is -0.393 e. The van der Waals surface area contributed by atoms with E-state index in [-0.39, 0.29) is 6.10 Å². The summed E-state index contributed by atoms with van der Waals surface area (Å²) in [5.41, 5.74) is 1.55. The Morgan fingerprint density at radius 1 is 1.00 bits per heavy atom. The summed E-state index contributed by atoms with van der Waals surface area (Å²) in [7, 11) is 2.01. The first-order valence-electron chi connectivity index (χ1n) is 14.3. The summed E-state index contributed by atoms with van der Waals surface area (Å²) < 4.78 is 6.30. The van der Waals surface area contributed by atoms with Gasteiger partial charge in [0.15, 0.2) is 0 Å². The van der Waals surface area contributed by atoms with Crippen molar-refractivity contribution in [2.24, 2.45) is 63.6 Å². The third-order valence-corrected chi connectivity index (χ3v) is 13.0. The van der Waals surface area contributed by atoms with Gasteiger partial charge in [-0.15, -0.1) is 0 Å². The molecule has 2 heteroatoms. The zero-order valence-electron chi connectivity index (χ0n) is 22.2. The molecule has 0 aromatic heterocycles. The topological polar surface area (TPSA) is 29.5 Å². The maximum atomic E-state index is 11.1. The van der Waals surface area contributed by atoms with Gasteiger partial charge in [0.2, 0.25) is 0 Å². The summed E-state index contributed by atoms with van der Waals surface area (Å²) in [6.45, 7) is 14.6. The van der Waals surface area contributed by atoms with Gasteiger partial charge in [-0.3, -0.25) is 0 Å². The molecule has 5 aliphatic carbocycles. The molecule has 0 aliphatic heterocycles. The smallest absolute Gasteiger partial charge is 0.0638 e. The van der Waals surface area contributed by atoms with Crippen molar-refractivity contribution in [3.8, 4) is 0 Å². The molecule has 0 amide bonds. The van der Waals surface area contributed by atoms with Crippen LogP contribution in [-0.4, -0.2) is 24.4 Å². The molecule has 5 aliphatic rings. The monoisotopic (exact) mass is 444 g/mol. The number of aliphatic hydroxyl groups excluding tert-OH is 1. The minimum atomic E-state index is -0.134. The van der Waals surface area contributed by atoms with Gasteiger partial charge < -0.3 is 9.84 Å². The molecule has 5 saturated carbocycles. The van der Waals surface area contributed by atoms with Crippen LogP contribution in [0.3, 0.4) is 0 Å². The quantitative estimate of drug-likeness (QED) is 0.445. The molecule has 2 nitrogen and oxygen atoms in total. The highest BCUT2D eigenvalue weighted by Crippen LogP contribution is 2.82. The third kappa shape index (κ3) is 3.03. The van der Waals surface area contributed by atoms with Gasteiger partial charge >= 0.3 is 0 Å². The number of ether oxygens (including phenoxy) is 1. The van der Waals surface area contributed by atoms with Crippen LogP contribution in [0, 0.1) is 63.6 Å². The first kappa shape index (κ1) is 23.7. The summed E-state index contributed by atoms with van der Waals surface area (Å²) in [6.07, 6.45) is 13.9. The summed E-state index contributed by atoms with van der Waals surface area (Å²) in [6, 6.07) is 0. The number of hydrogen-bond donors (Lipinski definition) is 1. The van der Waals surface area contributed by atoms with E-state index in [0.29, 0.717) is 40.1 Å². The molecule has 1 N–H and O–H groups in total. The number of fused-ring (bicyclic) bond motifs is 4. The predicted molar refractivity (Wildman–Crippen MR) is 132 cm³/mol. The molecular formula is C30H52O2. The molecule has 5 rings (SSSR count). The molecule has 5 fully saturated rings. The van der Waals surface area contributed by atoms with Gasteiger partial charge in [-0.05, 0) is 116 Å². The van der Waals surface area contributed by atoms with Crippen molar-refractivity contribution in [2.45, 2.75) is 118 Å². The Morgan fingerprint density at radius 2 is 1.75 bits per heavy atom. The minimum absolute atomic E-state index is 0.134. The zero-order valence-corrected chi connectivity index (χ0v) is 22.2.